The highest BCUT2D eigenvalue weighted by molar-refractivity contribution is 14.0. The summed E-state index contributed by atoms with van der Waals surface area (Å²) in [6, 6.07) is 0.378. The Labute approximate surface area is 187 Å². The van der Waals surface area contributed by atoms with Crippen LogP contribution in [-0.2, 0) is 14.3 Å². The Hall–Kier alpha value is -0.610. The van der Waals surface area contributed by atoms with Gasteiger partial charge in [-0.15, -0.1) is 24.0 Å². The van der Waals surface area contributed by atoms with Crippen LogP contribution in [0, 0.1) is 0 Å². The van der Waals surface area contributed by atoms with Crippen molar-refractivity contribution in [2.24, 2.45) is 4.99 Å². The van der Waals surface area contributed by atoms with E-state index in [1.165, 1.54) is 19.3 Å². The van der Waals surface area contributed by atoms with Gasteiger partial charge >= 0.3 is 0 Å². The minimum Gasteiger partial charge on any atom is -0.379 e. The lowest BCUT2D eigenvalue weighted by atomic mass is 9.95. The van der Waals surface area contributed by atoms with Crippen LogP contribution in [0.3, 0.4) is 0 Å². The average Bonchev–Trinajstić information content (AvgIpc) is 3.18. The Morgan fingerprint density at radius 1 is 1.14 bits per heavy atom. The van der Waals surface area contributed by atoms with Crippen LogP contribution >= 0.6 is 24.0 Å². The molecule has 0 bridgehead atoms. The summed E-state index contributed by atoms with van der Waals surface area (Å²) in [4.78, 5) is 16.6. The lowest BCUT2D eigenvalue weighted by molar-refractivity contribution is -0.121. The van der Waals surface area contributed by atoms with Gasteiger partial charge in [-0.1, -0.05) is 19.3 Å². The van der Waals surface area contributed by atoms with E-state index < -0.39 is 0 Å². The zero-order chi connectivity index (χ0) is 19.2. The molecule has 1 unspecified atom stereocenters. The first kappa shape index (κ1) is 25.4. The quantitative estimate of drug-likeness (QED) is 0.172. The number of ether oxygens (including phenoxy) is 2. The van der Waals surface area contributed by atoms with E-state index in [0.717, 1.165) is 51.2 Å². The van der Waals surface area contributed by atoms with Gasteiger partial charge in [-0.3, -0.25) is 9.79 Å². The molecule has 1 heterocycles. The molecular weight excluding hydrogens is 471 g/mol. The summed E-state index contributed by atoms with van der Waals surface area (Å²) in [5, 5.41) is 9.61. The first-order chi connectivity index (χ1) is 13.3. The minimum absolute atomic E-state index is 0. The van der Waals surface area contributed by atoms with Crippen LogP contribution < -0.4 is 16.0 Å². The van der Waals surface area contributed by atoms with Crippen LogP contribution in [0.4, 0.5) is 0 Å². The van der Waals surface area contributed by atoms with Crippen molar-refractivity contribution in [2.45, 2.75) is 76.9 Å². The molecule has 8 heteroatoms. The van der Waals surface area contributed by atoms with Crippen molar-refractivity contribution in [3.63, 3.8) is 0 Å². The maximum atomic E-state index is 12.1. The molecule has 2 aliphatic rings. The van der Waals surface area contributed by atoms with Crippen molar-refractivity contribution >= 4 is 35.8 Å². The molecule has 7 nitrogen and oxygen atoms in total. The molecule has 3 N–H and O–H groups in total. The first-order valence-corrected chi connectivity index (χ1v) is 10.8. The fourth-order valence-corrected chi connectivity index (χ4v) is 3.53. The summed E-state index contributed by atoms with van der Waals surface area (Å²) >= 11 is 0. The smallest absolute Gasteiger partial charge is 0.221 e. The summed E-state index contributed by atoms with van der Waals surface area (Å²) in [5.74, 6) is 0.898. The van der Waals surface area contributed by atoms with Gasteiger partial charge in [0.05, 0.1) is 12.7 Å². The van der Waals surface area contributed by atoms with Crippen molar-refractivity contribution in [1.82, 2.24) is 16.0 Å². The molecule has 0 radical (unpaired) electrons. The Morgan fingerprint density at radius 2 is 1.96 bits per heavy atom. The summed E-state index contributed by atoms with van der Waals surface area (Å²) in [6.07, 6.45) is 9.92. The number of aliphatic imine (C=N–C) groups is 1. The van der Waals surface area contributed by atoms with E-state index in [9.17, 15) is 4.79 Å². The highest BCUT2D eigenvalue weighted by atomic mass is 127. The van der Waals surface area contributed by atoms with Gasteiger partial charge in [-0.05, 0) is 39.0 Å². The molecule has 1 aliphatic carbocycles. The van der Waals surface area contributed by atoms with Crippen LogP contribution in [0.1, 0.15) is 64.7 Å². The zero-order valence-corrected chi connectivity index (χ0v) is 19.7. The Balaban J connectivity index is 0.00000392. The standard InChI is InChI=1S/C20H38N4O3.HI/c1-2-21-20(22-12-7-14-26-16-18-10-6-15-27-18)23-13-11-19(25)24-17-8-4-3-5-9-17;/h17-18H,2-16H2,1H3,(H,24,25)(H2,21,22,23);1H. The number of nitrogens with zero attached hydrogens (tertiary/aromatic N) is 1. The van der Waals surface area contributed by atoms with E-state index in [1.54, 1.807) is 0 Å². The second-order valence-electron chi connectivity index (χ2n) is 7.40. The lowest BCUT2D eigenvalue weighted by Gasteiger charge is -2.22. The van der Waals surface area contributed by atoms with E-state index in [4.69, 9.17) is 9.47 Å². The van der Waals surface area contributed by atoms with E-state index >= 15 is 0 Å². The van der Waals surface area contributed by atoms with Gasteiger partial charge in [0, 0.05) is 45.3 Å². The van der Waals surface area contributed by atoms with Crippen molar-refractivity contribution in [2.75, 3.05) is 39.5 Å². The predicted molar refractivity (Wildman–Crippen MR) is 123 cm³/mol. The molecule has 0 aromatic carbocycles. The third kappa shape index (κ3) is 11.4. The maximum Gasteiger partial charge on any atom is 0.221 e. The van der Waals surface area contributed by atoms with Crippen LogP contribution in [-0.4, -0.2) is 63.5 Å². The Bertz CT molecular complexity index is 439. The summed E-state index contributed by atoms with van der Waals surface area (Å²) in [6.45, 7) is 6.40. The lowest BCUT2D eigenvalue weighted by Crippen LogP contribution is -2.41. The topological polar surface area (TPSA) is 84.0 Å². The highest BCUT2D eigenvalue weighted by Gasteiger charge is 2.16. The van der Waals surface area contributed by atoms with Gasteiger partial charge in [-0.25, -0.2) is 0 Å². The Kier molecular flexibility index (Phi) is 14.7. The maximum absolute atomic E-state index is 12.1. The zero-order valence-electron chi connectivity index (χ0n) is 17.3. The number of rotatable bonds is 11. The fourth-order valence-electron chi connectivity index (χ4n) is 3.53. The molecule has 28 heavy (non-hydrogen) atoms. The molecule has 0 aromatic heterocycles. The van der Waals surface area contributed by atoms with Gasteiger partial charge in [0.2, 0.25) is 5.91 Å². The molecule has 1 aliphatic heterocycles. The number of halogens is 1. The van der Waals surface area contributed by atoms with Crippen LogP contribution in [0.5, 0.6) is 0 Å². The highest BCUT2D eigenvalue weighted by Crippen LogP contribution is 2.17. The number of carbonyl (C=O) groups excluding carboxylic acids is 1. The number of hydrogen-bond acceptors (Lipinski definition) is 4. The molecule has 1 saturated heterocycles. The molecule has 164 valence electrons. The molecule has 2 rings (SSSR count). The Morgan fingerprint density at radius 3 is 2.68 bits per heavy atom. The second-order valence-corrected chi connectivity index (χ2v) is 7.40. The summed E-state index contributed by atoms with van der Waals surface area (Å²) in [5.41, 5.74) is 0. The molecule has 1 saturated carbocycles. The van der Waals surface area contributed by atoms with Crippen molar-refractivity contribution in [1.29, 1.82) is 0 Å². The number of nitrogens with one attached hydrogen (secondary N) is 3. The predicted octanol–water partition coefficient (Wildman–Crippen LogP) is 2.58. The minimum atomic E-state index is 0. The van der Waals surface area contributed by atoms with Crippen LogP contribution in [0.15, 0.2) is 4.99 Å². The molecule has 1 atom stereocenters. The van der Waals surface area contributed by atoms with Gasteiger partial charge in [-0.2, -0.15) is 0 Å². The number of carbonyl (C=O) groups is 1. The van der Waals surface area contributed by atoms with Gasteiger partial charge < -0.3 is 25.4 Å². The third-order valence-electron chi connectivity index (χ3n) is 5.00. The van der Waals surface area contributed by atoms with Gasteiger partial charge in [0.15, 0.2) is 5.96 Å². The third-order valence-corrected chi connectivity index (χ3v) is 5.00. The monoisotopic (exact) mass is 510 g/mol. The van der Waals surface area contributed by atoms with Crippen LogP contribution in [0.2, 0.25) is 0 Å². The van der Waals surface area contributed by atoms with Gasteiger partial charge in [0.25, 0.3) is 0 Å². The van der Waals surface area contributed by atoms with E-state index in [2.05, 4.69) is 20.9 Å². The summed E-state index contributed by atoms with van der Waals surface area (Å²) < 4.78 is 11.2. The molecule has 2 fully saturated rings. The SMILES string of the molecule is CCNC(=NCCCOCC1CCCO1)NCCC(=O)NC1CCCCC1.I. The fraction of sp³-hybridized carbons (Fsp3) is 0.900. The van der Waals surface area contributed by atoms with E-state index in [-0.39, 0.29) is 36.0 Å². The normalized spacial score (nSPS) is 20.5. The molecule has 0 spiro atoms. The average molecular weight is 510 g/mol. The number of guanidine groups is 1. The first-order valence-electron chi connectivity index (χ1n) is 10.8. The second kappa shape index (κ2) is 16.2. The van der Waals surface area contributed by atoms with Crippen molar-refractivity contribution < 1.29 is 14.3 Å². The summed E-state index contributed by atoms with van der Waals surface area (Å²) in [7, 11) is 0. The molecular formula is C20H39IN4O3. The van der Waals surface area contributed by atoms with Crippen molar-refractivity contribution in [3.05, 3.63) is 0 Å². The molecule has 1 amide bonds. The van der Waals surface area contributed by atoms with Crippen LogP contribution in [0.25, 0.3) is 0 Å². The molecule has 0 aromatic rings. The van der Waals surface area contributed by atoms with Crippen molar-refractivity contribution in [3.8, 4) is 0 Å². The van der Waals surface area contributed by atoms with E-state index in [0.29, 0.717) is 38.8 Å². The van der Waals surface area contributed by atoms with Gasteiger partial charge in [0.1, 0.15) is 0 Å². The number of hydrogen-bond donors (Lipinski definition) is 3. The largest absolute Gasteiger partial charge is 0.379 e. The van der Waals surface area contributed by atoms with E-state index in [1.807, 2.05) is 6.92 Å². The number of amides is 1.